The number of alkyl halides is 3. The highest BCUT2D eigenvalue weighted by Gasteiger charge is 2.30. The third-order valence-corrected chi connectivity index (χ3v) is 4.26. The Kier molecular flexibility index (Phi) is 6.94. The molecule has 1 heterocycles. The third-order valence-electron chi connectivity index (χ3n) is 4.01. The van der Waals surface area contributed by atoms with Gasteiger partial charge in [0, 0.05) is 23.4 Å². The molecule has 1 N–H and O–H groups in total. The van der Waals surface area contributed by atoms with Crippen molar-refractivity contribution in [3.8, 4) is 17.1 Å². The van der Waals surface area contributed by atoms with Crippen molar-refractivity contribution in [3.63, 3.8) is 0 Å². The fraction of sp³-hybridized carbons (Fsp3) is 0.250. The summed E-state index contributed by atoms with van der Waals surface area (Å²) < 4.78 is 48.0. The van der Waals surface area contributed by atoms with Crippen molar-refractivity contribution in [1.29, 1.82) is 0 Å². The lowest BCUT2D eigenvalue weighted by Gasteiger charge is -2.09. The van der Waals surface area contributed by atoms with Crippen molar-refractivity contribution < 1.29 is 27.2 Å². The van der Waals surface area contributed by atoms with E-state index in [-0.39, 0.29) is 37.6 Å². The van der Waals surface area contributed by atoms with Crippen LogP contribution in [0.15, 0.2) is 53.1 Å². The molecule has 0 unspecified atom stereocenters. The van der Waals surface area contributed by atoms with Gasteiger partial charge in [0.05, 0.1) is 12.1 Å². The number of nitrogens with zero attached hydrogens (tertiary/aromatic N) is 2. The van der Waals surface area contributed by atoms with Gasteiger partial charge in [0.25, 0.3) is 0 Å². The number of carbonyl (C=O) groups excluding carboxylic acids is 1. The molecule has 3 aromatic rings. The normalized spacial score (nSPS) is 11.3. The van der Waals surface area contributed by atoms with Gasteiger partial charge in [0.2, 0.25) is 17.6 Å². The zero-order chi connectivity index (χ0) is 21.6. The molecule has 30 heavy (non-hydrogen) atoms. The molecule has 1 aromatic heterocycles. The summed E-state index contributed by atoms with van der Waals surface area (Å²) in [5.41, 5.74) is 0.00247. The van der Waals surface area contributed by atoms with Crippen LogP contribution in [0.25, 0.3) is 11.4 Å². The number of aromatic nitrogens is 2. The van der Waals surface area contributed by atoms with Crippen molar-refractivity contribution in [3.05, 3.63) is 65.0 Å². The molecule has 2 aromatic carbocycles. The maximum atomic E-state index is 12.5. The molecule has 158 valence electrons. The summed E-state index contributed by atoms with van der Waals surface area (Å²) in [6.07, 6.45) is -3.98. The van der Waals surface area contributed by atoms with Crippen LogP contribution in [-0.4, -0.2) is 29.2 Å². The van der Waals surface area contributed by atoms with E-state index < -0.39 is 11.7 Å². The SMILES string of the molecule is O=C(CCc1nc(-c2ccc(Cl)cc2)no1)NCCOc1ccc(C(F)(F)F)cc1. The predicted octanol–water partition coefficient (Wildman–Crippen LogP) is 4.54. The van der Waals surface area contributed by atoms with Gasteiger partial charge in [-0.2, -0.15) is 18.2 Å². The zero-order valence-corrected chi connectivity index (χ0v) is 16.3. The molecule has 0 bridgehead atoms. The molecule has 0 saturated heterocycles. The Morgan fingerprint density at radius 2 is 1.80 bits per heavy atom. The molecule has 0 aliphatic rings. The van der Waals surface area contributed by atoms with Crippen LogP contribution in [0.3, 0.4) is 0 Å². The number of hydrogen-bond donors (Lipinski definition) is 1. The number of aryl methyl sites for hydroxylation is 1. The highest BCUT2D eigenvalue weighted by molar-refractivity contribution is 6.30. The standard InChI is InChI=1S/C20H17ClF3N3O3/c21-15-5-1-13(2-6-15)19-26-18(30-27-19)10-9-17(28)25-11-12-29-16-7-3-14(4-8-16)20(22,23)24/h1-8H,9-12H2,(H,25,28). The molecular weight excluding hydrogens is 423 g/mol. The summed E-state index contributed by atoms with van der Waals surface area (Å²) in [4.78, 5) is 16.1. The summed E-state index contributed by atoms with van der Waals surface area (Å²) in [6.45, 7) is 0.331. The van der Waals surface area contributed by atoms with E-state index in [1.54, 1.807) is 24.3 Å². The number of rotatable bonds is 8. The van der Waals surface area contributed by atoms with Gasteiger partial charge < -0.3 is 14.6 Å². The molecule has 0 fully saturated rings. The minimum absolute atomic E-state index is 0.123. The number of ether oxygens (including phenoxy) is 1. The Bertz CT molecular complexity index is 973. The topological polar surface area (TPSA) is 77.2 Å². The maximum Gasteiger partial charge on any atom is 0.416 e. The van der Waals surface area contributed by atoms with E-state index in [0.717, 1.165) is 17.7 Å². The number of benzene rings is 2. The Balaban J connectivity index is 1.37. The van der Waals surface area contributed by atoms with E-state index in [2.05, 4.69) is 15.5 Å². The Hall–Kier alpha value is -3.07. The number of hydrogen-bond acceptors (Lipinski definition) is 5. The van der Waals surface area contributed by atoms with Crippen LogP contribution in [0.4, 0.5) is 13.2 Å². The first-order valence-corrected chi connectivity index (χ1v) is 9.34. The molecule has 6 nitrogen and oxygen atoms in total. The second kappa shape index (κ2) is 9.62. The second-order valence-corrected chi connectivity index (χ2v) is 6.68. The second-order valence-electron chi connectivity index (χ2n) is 6.24. The summed E-state index contributed by atoms with van der Waals surface area (Å²) >= 11 is 5.84. The Morgan fingerprint density at radius 3 is 2.47 bits per heavy atom. The first-order chi connectivity index (χ1) is 14.3. The smallest absolute Gasteiger partial charge is 0.416 e. The minimum Gasteiger partial charge on any atom is -0.492 e. The quantitative estimate of drug-likeness (QED) is 0.521. The summed E-state index contributed by atoms with van der Waals surface area (Å²) in [7, 11) is 0. The van der Waals surface area contributed by atoms with Crippen LogP contribution >= 0.6 is 11.6 Å². The molecule has 0 radical (unpaired) electrons. The summed E-state index contributed by atoms with van der Waals surface area (Å²) in [5, 5.41) is 7.13. The highest BCUT2D eigenvalue weighted by Crippen LogP contribution is 2.30. The van der Waals surface area contributed by atoms with Gasteiger partial charge >= 0.3 is 6.18 Å². The molecule has 0 atom stereocenters. The van der Waals surface area contributed by atoms with E-state index in [1.165, 1.54) is 12.1 Å². The van der Waals surface area contributed by atoms with Crippen LogP contribution in [-0.2, 0) is 17.4 Å². The molecule has 10 heteroatoms. The molecule has 3 rings (SSSR count). The molecule has 0 aliphatic heterocycles. The van der Waals surface area contributed by atoms with E-state index in [4.69, 9.17) is 20.9 Å². The molecule has 0 saturated carbocycles. The van der Waals surface area contributed by atoms with Gasteiger partial charge in [-0.05, 0) is 48.5 Å². The fourth-order valence-electron chi connectivity index (χ4n) is 2.48. The van der Waals surface area contributed by atoms with Crippen LogP contribution in [0, 0.1) is 0 Å². The average molecular weight is 440 g/mol. The van der Waals surface area contributed by atoms with Gasteiger partial charge in [-0.3, -0.25) is 4.79 Å². The third kappa shape index (κ3) is 6.21. The zero-order valence-electron chi connectivity index (χ0n) is 15.6. The fourth-order valence-corrected chi connectivity index (χ4v) is 2.61. The highest BCUT2D eigenvalue weighted by atomic mass is 35.5. The van der Waals surface area contributed by atoms with Gasteiger partial charge in [-0.25, -0.2) is 0 Å². The first kappa shape index (κ1) is 21.6. The minimum atomic E-state index is -4.39. The van der Waals surface area contributed by atoms with Gasteiger partial charge in [-0.1, -0.05) is 16.8 Å². The predicted molar refractivity (Wildman–Crippen MR) is 103 cm³/mol. The largest absolute Gasteiger partial charge is 0.492 e. The average Bonchev–Trinajstić information content (AvgIpc) is 3.19. The lowest BCUT2D eigenvalue weighted by Crippen LogP contribution is -2.28. The monoisotopic (exact) mass is 439 g/mol. The van der Waals surface area contributed by atoms with Crippen LogP contribution in [0.2, 0.25) is 5.02 Å². The molecular formula is C20H17ClF3N3O3. The van der Waals surface area contributed by atoms with Gasteiger partial charge in [-0.15, -0.1) is 0 Å². The Labute approximate surface area is 175 Å². The van der Waals surface area contributed by atoms with Crippen molar-refractivity contribution in [2.45, 2.75) is 19.0 Å². The van der Waals surface area contributed by atoms with Crippen molar-refractivity contribution >= 4 is 17.5 Å². The number of halogens is 4. The van der Waals surface area contributed by atoms with E-state index >= 15 is 0 Å². The van der Waals surface area contributed by atoms with E-state index in [9.17, 15) is 18.0 Å². The lowest BCUT2D eigenvalue weighted by atomic mass is 10.2. The van der Waals surface area contributed by atoms with E-state index in [0.29, 0.717) is 16.7 Å². The number of nitrogens with one attached hydrogen (secondary N) is 1. The summed E-state index contributed by atoms with van der Waals surface area (Å²) in [6, 6.07) is 11.3. The van der Waals surface area contributed by atoms with Crippen LogP contribution in [0.1, 0.15) is 17.9 Å². The van der Waals surface area contributed by atoms with Crippen LogP contribution < -0.4 is 10.1 Å². The molecule has 1 amide bonds. The van der Waals surface area contributed by atoms with E-state index in [1.807, 2.05) is 0 Å². The lowest BCUT2D eigenvalue weighted by molar-refractivity contribution is -0.137. The summed E-state index contributed by atoms with van der Waals surface area (Å²) in [5.74, 6) is 0.790. The van der Waals surface area contributed by atoms with Gasteiger partial charge in [0.15, 0.2) is 0 Å². The maximum absolute atomic E-state index is 12.5. The van der Waals surface area contributed by atoms with Crippen molar-refractivity contribution in [2.24, 2.45) is 0 Å². The van der Waals surface area contributed by atoms with Gasteiger partial charge in [0.1, 0.15) is 12.4 Å². The number of amides is 1. The molecule has 0 aliphatic carbocycles. The Morgan fingerprint density at radius 1 is 1.10 bits per heavy atom. The molecule has 0 spiro atoms. The van der Waals surface area contributed by atoms with Crippen LogP contribution in [0.5, 0.6) is 5.75 Å². The number of carbonyl (C=O) groups is 1. The first-order valence-electron chi connectivity index (χ1n) is 8.96. The van der Waals surface area contributed by atoms with Crippen molar-refractivity contribution in [1.82, 2.24) is 15.5 Å². The van der Waals surface area contributed by atoms with Crippen molar-refractivity contribution in [2.75, 3.05) is 13.2 Å².